The molecule has 0 radical (unpaired) electrons. The third kappa shape index (κ3) is 3.24. The first-order valence-electron chi connectivity index (χ1n) is 5.27. The summed E-state index contributed by atoms with van der Waals surface area (Å²) in [5, 5.41) is 13.2. The molecule has 2 aromatic rings. The van der Waals surface area contributed by atoms with Crippen molar-refractivity contribution < 1.29 is 9.18 Å². The highest BCUT2D eigenvalue weighted by Crippen LogP contribution is 2.15. The highest BCUT2D eigenvalue weighted by Gasteiger charge is 2.00. The van der Waals surface area contributed by atoms with Crippen LogP contribution in [0.5, 0.6) is 0 Å². The fraction of sp³-hybridized carbons (Fsp3) is 0.0833. The quantitative estimate of drug-likeness (QED) is 0.872. The molecular weight excluding hydrogens is 235 g/mol. The Morgan fingerprint density at radius 3 is 2.22 bits per heavy atom. The van der Waals surface area contributed by atoms with E-state index < -0.39 is 0 Å². The maximum absolute atomic E-state index is 12.7. The molecular formula is C12H11FN4O. The molecule has 0 saturated heterocycles. The number of amides is 1. The summed E-state index contributed by atoms with van der Waals surface area (Å²) in [4.78, 5) is 10.8. The van der Waals surface area contributed by atoms with Crippen molar-refractivity contribution in [1.29, 1.82) is 0 Å². The van der Waals surface area contributed by atoms with Gasteiger partial charge in [0.2, 0.25) is 5.91 Å². The molecule has 2 rings (SSSR count). The summed E-state index contributed by atoms with van der Waals surface area (Å²) < 4.78 is 12.7. The molecule has 1 heterocycles. The van der Waals surface area contributed by atoms with Crippen molar-refractivity contribution in [2.45, 2.75) is 6.92 Å². The molecule has 18 heavy (non-hydrogen) atoms. The van der Waals surface area contributed by atoms with Crippen LogP contribution in [0, 0.1) is 5.82 Å². The van der Waals surface area contributed by atoms with Gasteiger partial charge in [-0.15, -0.1) is 10.2 Å². The number of nitrogens with zero attached hydrogens (tertiary/aromatic N) is 2. The van der Waals surface area contributed by atoms with E-state index in [1.807, 2.05) is 0 Å². The molecule has 0 fully saturated rings. The zero-order chi connectivity index (χ0) is 13.0. The van der Waals surface area contributed by atoms with E-state index in [0.717, 1.165) is 0 Å². The van der Waals surface area contributed by atoms with Crippen LogP contribution >= 0.6 is 0 Å². The lowest BCUT2D eigenvalue weighted by Crippen LogP contribution is -2.08. The molecule has 0 aliphatic heterocycles. The van der Waals surface area contributed by atoms with Crippen LogP contribution in [0.3, 0.4) is 0 Å². The normalized spacial score (nSPS) is 9.89. The molecule has 0 saturated carbocycles. The molecule has 6 heteroatoms. The second-order valence-electron chi connectivity index (χ2n) is 3.62. The highest BCUT2D eigenvalue weighted by atomic mass is 19.1. The van der Waals surface area contributed by atoms with Crippen molar-refractivity contribution in [3.8, 4) is 0 Å². The standard InChI is InChI=1S/C12H11FN4O/c1-8(18)14-11-6-7-12(17-16-11)15-10-4-2-9(13)3-5-10/h2-7H,1H3,(H,15,17)(H,14,16,18). The van der Waals surface area contributed by atoms with Crippen molar-refractivity contribution in [2.75, 3.05) is 10.6 Å². The molecule has 0 bridgehead atoms. The van der Waals surface area contributed by atoms with Crippen LogP contribution in [0.15, 0.2) is 36.4 Å². The lowest BCUT2D eigenvalue weighted by Gasteiger charge is -2.05. The predicted molar refractivity (Wildman–Crippen MR) is 66.0 cm³/mol. The molecule has 1 aromatic heterocycles. The third-order valence-electron chi connectivity index (χ3n) is 2.09. The van der Waals surface area contributed by atoms with Crippen LogP contribution < -0.4 is 10.6 Å². The van der Waals surface area contributed by atoms with Crippen LogP contribution in [-0.4, -0.2) is 16.1 Å². The highest BCUT2D eigenvalue weighted by molar-refractivity contribution is 5.87. The SMILES string of the molecule is CC(=O)Nc1ccc(Nc2ccc(F)cc2)nn1. The molecule has 2 N–H and O–H groups in total. The van der Waals surface area contributed by atoms with Crippen molar-refractivity contribution in [3.05, 3.63) is 42.2 Å². The monoisotopic (exact) mass is 246 g/mol. The Labute approximate surface area is 103 Å². The first-order valence-corrected chi connectivity index (χ1v) is 5.27. The Morgan fingerprint density at radius 1 is 1.06 bits per heavy atom. The van der Waals surface area contributed by atoms with Gasteiger partial charge in [-0.2, -0.15) is 0 Å². The Hall–Kier alpha value is -2.50. The number of halogens is 1. The lowest BCUT2D eigenvalue weighted by atomic mass is 10.3. The van der Waals surface area contributed by atoms with E-state index in [4.69, 9.17) is 0 Å². The topological polar surface area (TPSA) is 66.9 Å². The second kappa shape index (κ2) is 5.22. The second-order valence-corrected chi connectivity index (χ2v) is 3.62. The van der Waals surface area contributed by atoms with Gasteiger partial charge in [0, 0.05) is 12.6 Å². The Bertz CT molecular complexity index is 539. The minimum absolute atomic E-state index is 0.205. The summed E-state index contributed by atoms with van der Waals surface area (Å²) in [6.07, 6.45) is 0. The van der Waals surface area contributed by atoms with Crippen LogP contribution in [0.1, 0.15) is 6.92 Å². The van der Waals surface area contributed by atoms with Gasteiger partial charge in [-0.05, 0) is 36.4 Å². The number of nitrogens with one attached hydrogen (secondary N) is 2. The van der Waals surface area contributed by atoms with Crippen LogP contribution in [0.25, 0.3) is 0 Å². The first kappa shape index (κ1) is 12.0. The van der Waals surface area contributed by atoms with Crippen LogP contribution in [-0.2, 0) is 4.79 Å². The molecule has 1 aromatic carbocycles. The van der Waals surface area contributed by atoms with Crippen LogP contribution in [0.2, 0.25) is 0 Å². The Balaban J connectivity index is 2.06. The maximum atomic E-state index is 12.7. The van der Waals surface area contributed by atoms with E-state index >= 15 is 0 Å². The van der Waals surface area contributed by atoms with Gasteiger partial charge in [0.05, 0.1) is 0 Å². The third-order valence-corrected chi connectivity index (χ3v) is 2.09. The number of rotatable bonds is 3. The van der Waals surface area contributed by atoms with E-state index in [0.29, 0.717) is 17.3 Å². The van der Waals surface area contributed by atoms with Gasteiger partial charge in [0.15, 0.2) is 11.6 Å². The number of carbonyl (C=O) groups excluding carboxylic acids is 1. The molecule has 0 unspecified atom stereocenters. The van der Waals surface area contributed by atoms with Crippen molar-refractivity contribution in [3.63, 3.8) is 0 Å². The van der Waals surface area contributed by atoms with Crippen molar-refractivity contribution in [1.82, 2.24) is 10.2 Å². The Morgan fingerprint density at radius 2 is 1.67 bits per heavy atom. The largest absolute Gasteiger partial charge is 0.339 e. The summed E-state index contributed by atoms with van der Waals surface area (Å²) in [6.45, 7) is 1.40. The molecule has 0 aliphatic rings. The number of hydrogen-bond acceptors (Lipinski definition) is 4. The first-order chi connectivity index (χ1) is 8.63. The lowest BCUT2D eigenvalue weighted by molar-refractivity contribution is -0.114. The number of benzene rings is 1. The summed E-state index contributed by atoms with van der Waals surface area (Å²) in [5.74, 6) is 0.388. The molecule has 92 valence electrons. The van der Waals surface area contributed by atoms with E-state index in [-0.39, 0.29) is 11.7 Å². The van der Waals surface area contributed by atoms with Crippen LogP contribution in [0.4, 0.5) is 21.7 Å². The summed E-state index contributed by atoms with van der Waals surface area (Å²) in [7, 11) is 0. The van der Waals surface area contributed by atoms with Crippen molar-refractivity contribution in [2.24, 2.45) is 0 Å². The molecule has 1 amide bonds. The molecule has 0 spiro atoms. The number of aromatic nitrogens is 2. The molecule has 0 atom stereocenters. The zero-order valence-electron chi connectivity index (χ0n) is 9.64. The average Bonchev–Trinajstić information content (AvgIpc) is 2.34. The van der Waals surface area contributed by atoms with E-state index in [2.05, 4.69) is 20.8 Å². The minimum atomic E-state index is -0.298. The number of anilines is 3. The zero-order valence-corrected chi connectivity index (χ0v) is 9.64. The smallest absolute Gasteiger partial charge is 0.222 e. The van der Waals surface area contributed by atoms with E-state index in [9.17, 15) is 9.18 Å². The summed E-state index contributed by atoms with van der Waals surface area (Å²) >= 11 is 0. The predicted octanol–water partition coefficient (Wildman–Crippen LogP) is 2.32. The number of carbonyl (C=O) groups is 1. The Kier molecular flexibility index (Phi) is 3.47. The fourth-order valence-corrected chi connectivity index (χ4v) is 1.33. The average molecular weight is 246 g/mol. The van der Waals surface area contributed by atoms with E-state index in [1.165, 1.54) is 19.1 Å². The van der Waals surface area contributed by atoms with Gasteiger partial charge >= 0.3 is 0 Å². The minimum Gasteiger partial charge on any atom is -0.339 e. The van der Waals surface area contributed by atoms with Gasteiger partial charge < -0.3 is 10.6 Å². The summed E-state index contributed by atoms with van der Waals surface area (Å²) in [6, 6.07) is 9.18. The van der Waals surface area contributed by atoms with Crippen molar-refractivity contribution >= 4 is 23.2 Å². The maximum Gasteiger partial charge on any atom is 0.222 e. The van der Waals surface area contributed by atoms with Gasteiger partial charge in [0.25, 0.3) is 0 Å². The van der Waals surface area contributed by atoms with Gasteiger partial charge in [-0.1, -0.05) is 0 Å². The van der Waals surface area contributed by atoms with E-state index in [1.54, 1.807) is 24.3 Å². The summed E-state index contributed by atoms with van der Waals surface area (Å²) in [5.41, 5.74) is 0.706. The number of hydrogen-bond donors (Lipinski definition) is 2. The molecule has 0 aliphatic carbocycles. The van der Waals surface area contributed by atoms with Gasteiger partial charge in [0.1, 0.15) is 5.82 Å². The van der Waals surface area contributed by atoms with Gasteiger partial charge in [-0.3, -0.25) is 4.79 Å². The van der Waals surface area contributed by atoms with Gasteiger partial charge in [-0.25, -0.2) is 4.39 Å². The fourth-order valence-electron chi connectivity index (χ4n) is 1.33. The molecule has 5 nitrogen and oxygen atoms in total.